The summed E-state index contributed by atoms with van der Waals surface area (Å²) in [7, 11) is 0. The van der Waals surface area contributed by atoms with Crippen molar-refractivity contribution in [3.63, 3.8) is 0 Å². The summed E-state index contributed by atoms with van der Waals surface area (Å²) in [5.41, 5.74) is 1.79. The van der Waals surface area contributed by atoms with Crippen LogP contribution in [0, 0.1) is 0 Å². The Morgan fingerprint density at radius 1 is 0.966 bits per heavy atom. The summed E-state index contributed by atoms with van der Waals surface area (Å²) >= 11 is 0. The number of rotatable bonds is 7. The molecule has 1 aliphatic rings. The molecule has 0 aromatic heterocycles. The summed E-state index contributed by atoms with van der Waals surface area (Å²) in [6.45, 7) is 8.36. The molecule has 0 radical (unpaired) electrons. The average molecular weight is 396 g/mol. The molecule has 0 atom stereocenters. The number of hydrogen-bond donors (Lipinski definition) is 0. The molecule has 29 heavy (non-hydrogen) atoms. The quantitative estimate of drug-likeness (QED) is 0.723. The zero-order chi connectivity index (χ0) is 20.6. The van der Waals surface area contributed by atoms with E-state index in [1.54, 1.807) is 0 Å². The van der Waals surface area contributed by atoms with E-state index >= 15 is 0 Å². The van der Waals surface area contributed by atoms with Crippen LogP contribution in [0.15, 0.2) is 54.6 Å². The van der Waals surface area contributed by atoms with Crippen molar-refractivity contribution >= 4 is 17.5 Å². The van der Waals surface area contributed by atoms with E-state index in [4.69, 9.17) is 4.74 Å². The van der Waals surface area contributed by atoms with Gasteiger partial charge in [-0.1, -0.05) is 37.3 Å². The lowest BCUT2D eigenvalue weighted by Gasteiger charge is -2.35. The lowest BCUT2D eigenvalue weighted by atomic mass is 10.2. The molecule has 0 saturated carbocycles. The van der Waals surface area contributed by atoms with Crippen LogP contribution in [0.4, 0.5) is 5.69 Å². The molecule has 6 heteroatoms. The third-order valence-corrected chi connectivity index (χ3v) is 5.24. The summed E-state index contributed by atoms with van der Waals surface area (Å²) in [5, 5.41) is 0. The first-order valence-corrected chi connectivity index (χ1v) is 10.1. The van der Waals surface area contributed by atoms with Gasteiger partial charge in [-0.25, -0.2) is 0 Å². The third kappa shape index (κ3) is 5.81. The van der Waals surface area contributed by atoms with Crippen molar-refractivity contribution in [2.45, 2.75) is 20.5 Å². The lowest BCUT2D eigenvalue weighted by Crippen LogP contribution is -2.51. The van der Waals surface area contributed by atoms with Crippen molar-refractivity contribution in [2.75, 3.05) is 44.2 Å². The second-order valence-electron chi connectivity index (χ2n) is 7.19. The second-order valence-corrected chi connectivity index (χ2v) is 7.19. The molecule has 2 aromatic rings. The topological polar surface area (TPSA) is 53.1 Å². The van der Waals surface area contributed by atoms with E-state index in [0.29, 0.717) is 25.4 Å². The van der Waals surface area contributed by atoms with Crippen LogP contribution < -0.4 is 9.64 Å². The monoisotopic (exact) mass is 395 g/mol. The summed E-state index contributed by atoms with van der Waals surface area (Å²) in [5.74, 6) is 0.562. The number of carbonyl (C=O) groups is 2. The highest BCUT2D eigenvalue weighted by Gasteiger charge is 2.23. The first kappa shape index (κ1) is 20.9. The Hall–Kier alpha value is -2.86. The maximum Gasteiger partial charge on any atom is 0.242 e. The first-order chi connectivity index (χ1) is 14.1. The molecule has 1 fully saturated rings. The predicted octanol–water partition coefficient (Wildman–Crippen LogP) is 2.78. The average Bonchev–Trinajstić information content (AvgIpc) is 2.77. The Morgan fingerprint density at radius 2 is 1.62 bits per heavy atom. The van der Waals surface area contributed by atoms with Gasteiger partial charge in [-0.05, 0) is 36.4 Å². The number of ether oxygens (including phenoxy) is 1. The van der Waals surface area contributed by atoms with Crippen LogP contribution in [0.5, 0.6) is 5.75 Å². The smallest absolute Gasteiger partial charge is 0.242 e. The van der Waals surface area contributed by atoms with Crippen molar-refractivity contribution < 1.29 is 14.3 Å². The molecule has 6 nitrogen and oxygen atoms in total. The Labute approximate surface area is 172 Å². The lowest BCUT2D eigenvalue weighted by molar-refractivity contribution is -0.132. The highest BCUT2D eigenvalue weighted by Crippen LogP contribution is 2.21. The largest absolute Gasteiger partial charge is 0.489 e. The van der Waals surface area contributed by atoms with Gasteiger partial charge in [-0.15, -0.1) is 0 Å². The van der Waals surface area contributed by atoms with Gasteiger partial charge in [0.1, 0.15) is 18.9 Å². The van der Waals surface area contributed by atoms with Crippen molar-refractivity contribution in [3.05, 3.63) is 60.2 Å². The van der Waals surface area contributed by atoms with Crippen LogP contribution in [0.2, 0.25) is 0 Å². The van der Waals surface area contributed by atoms with E-state index in [1.807, 2.05) is 59.5 Å². The SMILES string of the molecule is CCN1CCN(C(=O)CN(C(C)=O)c2ccc(OCc3ccccc3)cc2)CC1. The normalized spacial score (nSPS) is 14.5. The third-order valence-electron chi connectivity index (χ3n) is 5.24. The molecule has 154 valence electrons. The molecule has 0 N–H and O–H groups in total. The molecular formula is C23H29N3O3. The highest BCUT2D eigenvalue weighted by atomic mass is 16.5. The molecule has 0 aliphatic carbocycles. The molecule has 0 bridgehead atoms. The number of carbonyl (C=O) groups excluding carboxylic acids is 2. The molecule has 1 heterocycles. The zero-order valence-electron chi connectivity index (χ0n) is 17.2. The molecule has 2 aromatic carbocycles. The minimum atomic E-state index is -0.150. The number of benzene rings is 2. The van der Waals surface area contributed by atoms with Crippen molar-refractivity contribution in [1.82, 2.24) is 9.80 Å². The Balaban J connectivity index is 1.58. The number of likely N-dealkylation sites (N-methyl/N-ethyl adjacent to an activating group) is 1. The van der Waals surface area contributed by atoms with Gasteiger partial charge in [0.25, 0.3) is 0 Å². The first-order valence-electron chi connectivity index (χ1n) is 10.1. The van der Waals surface area contributed by atoms with Crippen LogP contribution in [0.25, 0.3) is 0 Å². The summed E-state index contributed by atoms with van der Waals surface area (Å²) in [4.78, 5) is 30.6. The van der Waals surface area contributed by atoms with Gasteiger partial charge in [0, 0.05) is 38.8 Å². The van der Waals surface area contributed by atoms with Crippen LogP contribution >= 0.6 is 0 Å². The van der Waals surface area contributed by atoms with Gasteiger partial charge in [0.2, 0.25) is 11.8 Å². The van der Waals surface area contributed by atoms with Gasteiger partial charge in [-0.3, -0.25) is 9.59 Å². The molecule has 2 amide bonds. The zero-order valence-corrected chi connectivity index (χ0v) is 17.2. The molecule has 3 rings (SSSR count). The van der Waals surface area contributed by atoms with Crippen molar-refractivity contribution in [1.29, 1.82) is 0 Å². The maximum absolute atomic E-state index is 12.7. The van der Waals surface area contributed by atoms with E-state index in [2.05, 4.69) is 11.8 Å². The van der Waals surface area contributed by atoms with Crippen molar-refractivity contribution in [2.24, 2.45) is 0 Å². The summed E-state index contributed by atoms with van der Waals surface area (Å²) in [6, 6.07) is 17.3. The number of piperazine rings is 1. The Bertz CT molecular complexity index is 800. The Morgan fingerprint density at radius 3 is 2.21 bits per heavy atom. The van der Waals surface area contributed by atoms with Gasteiger partial charge in [0.05, 0.1) is 0 Å². The summed E-state index contributed by atoms with van der Waals surface area (Å²) in [6.07, 6.45) is 0. The standard InChI is InChI=1S/C23H29N3O3/c1-3-24-13-15-25(16-14-24)23(28)17-26(19(2)27)21-9-11-22(12-10-21)29-18-20-7-5-4-6-8-20/h4-12H,3,13-18H2,1-2H3. The van der Waals surface area contributed by atoms with Gasteiger partial charge in [0.15, 0.2) is 0 Å². The molecule has 0 unspecified atom stereocenters. The fourth-order valence-electron chi connectivity index (χ4n) is 3.40. The molecule has 1 aliphatic heterocycles. The maximum atomic E-state index is 12.7. The van der Waals surface area contributed by atoms with E-state index in [-0.39, 0.29) is 18.4 Å². The van der Waals surface area contributed by atoms with Crippen LogP contribution in [0.3, 0.4) is 0 Å². The minimum absolute atomic E-state index is 0.0136. The predicted molar refractivity (Wildman–Crippen MR) is 114 cm³/mol. The fourth-order valence-corrected chi connectivity index (χ4v) is 3.40. The minimum Gasteiger partial charge on any atom is -0.489 e. The fraction of sp³-hybridized carbons (Fsp3) is 0.391. The van der Waals surface area contributed by atoms with E-state index in [1.165, 1.54) is 11.8 Å². The molecule has 1 saturated heterocycles. The highest BCUT2D eigenvalue weighted by molar-refractivity contribution is 5.97. The van der Waals surface area contributed by atoms with Crippen molar-refractivity contribution in [3.8, 4) is 5.75 Å². The Kier molecular flexibility index (Phi) is 7.25. The van der Waals surface area contributed by atoms with Gasteiger partial charge < -0.3 is 19.4 Å². The van der Waals surface area contributed by atoms with Crippen LogP contribution in [-0.2, 0) is 16.2 Å². The van der Waals surface area contributed by atoms with E-state index < -0.39 is 0 Å². The van der Waals surface area contributed by atoms with Gasteiger partial charge >= 0.3 is 0 Å². The van der Waals surface area contributed by atoms with E-state index in [0.717, 1.165) is 30.9 Å². The molecule has 0 spiro atoms. The number of amides is 2. The second kappa shape index (κ2) is 10.1. The summed E-state index contributed by atoms with van der Waals surface area (Å²) < 4.78 is 5.80. The van der Waals surface area contributed by atoms with Crippen LogP contribution in [0.1, 0.15) is 19.4 Å². The van der Waals surface area contributed by atoms with Gasteiger partial charge in [-0.2, -0.15) is 0 Å². The number of anilines is 1. The van der Waals surface area contributed by atoms with E-state index in [9.17, 15) is 9.59 Å². The number of hydrogen-bond acceptors (Lipinski definition) is 4. The van der Waals surface area contributed by atoms with Crippen LogP contribution in [-0.4, -0.2) is 60.9 Å². The molecular weight excluding hydrogens is 366 g/mol. The number of nitrogens with zero attached hydrogens (tertiary/aromatic N) is 3.